The molecular formula is C9H17BrO. The third-order valence-corrected chi connectivity index (χ3v) is 2.97. The highest BCUT2D eigenvalue weighted by Gasteiger charge is 2.22. The molecule has 0 aromatic heterocycles. The Labute approximate surface area is 77.6 Å². The summed E-state index contributed by atoms with van der Waals surface area (Å²) in [7, 11) is 0. The van der Waals surface area contributed by atoms with Crippen LogP contribution in [0.5, 0.6) is 0 Å². The Bertz CT molecular complexity index is 114. The highest BCUT2D eigenvalue weighted by molar-refractivity contribution is 9.09. The van der Waals surface area contributed by atoms with Crippen molar-refractivity contribution in [3.8, 4) is 0 Å². The zero-order valence-corrected chi connectivity index (χ0v) is 8.93. The minimum Gasteiger partial charge on any atom is -0.379 e. The van der Waals surface area contributed by atoms with Gasteiger partial charge in [0.2, 0.25) is 0 Å². The van der Waals surface area contributed by atoms with Crippen molar-refractivity contribution in [2.45, 2.75) is 44.0 Å². The quantitative estimate of drug-likeness (QED) is 0.665. The van der Waals surface area contributed by atoms with Crippen LogP contribution in [0.2, 0.25) is 0 Å². The Kier molecular flexibility index (Phi) is 3.86. The molecule has 0 aliphatic heterocycles. The highest BCUT2D eigenvalue weighted by Crippen LogP contribution is 2.30. The molecule has 66 valence electrons. The molecule has 0 aromatic rings. The third kappa shape index (κ3) is 3.57. The number of halogens is 1. The van der Waals surface area contributed by atoms with Crippen LogP contribution < -0.4 is 0 Å². The number of rotatable bonds is 3. The van der Waals surface area contributed by atoms with E-state index in [1.54, 1.807) is 0 Å². The van der Waals surface area contributed by atoms with Crippen molar-refractivity contribution in [3.63, 3.8) is 0 Å². The molecule has 1 nitrogen and oxygen atoms in total. The molecule has 2 atom stereocenters. The number of alkyl halides is 1. The second-order valence-electron chi connectivity index (χ2n) is 3.66. The maximum atomic E-state index is 5.55. The van der Waals surface area contributed by atoms with E-state index < -0.39 is 0 Å². The average Bonchev–Trinajstić information content (AvgIpc) is 2.31. The molecule has 2 heteroatoms. The monoisotopic (exact) mass is 220 g/mol. The Morgan fingerprint density at radius 3 is 2.64 bits per heavy atom. The van der Waals surface area contributed by atoms with Gasteiger partial charge in [0.05, 0.1) is 6.10 Å². The Hall–Kier alpha value is 0.440. The normalized spacial score (nSPS) is 31.6. The van der Waals surface area contributed by atoms with Crippen molar-refractivity contribution < 1.29 is 4.74 Å². The van der Waals surface area contributed by atoms with E-state index in [4.69, 9.17) is 4.74 Å². The molecule has 1 saturated carbocycles. The number of hydrogen-bond acceptors (Lipinski definition) is 1. The van der Waals surface area contributed by atoms with Crippen LogP contribution in [0.15, 0.2) is 0 Å². The Morgan fingerprint density at radius 2 is 2.18 bits per heavy atom. The summed E-state index contributed by atoms with van der Waals surface area (Å²) >= 11 is 3.63. The predicted octanol–water partition coefficient (Wildman–Crippen LogP) is 2.98. The average molecular weight is 221 g/mol. The third-order valence-electron chi connectivity index (χ3n) is 2.14. The maximum Gasteiger partial charge on any atom is 0.0519 e. The highest BCUT2D eigenvalue weighted by atomic mass is 79.9. The minimum atomic E-state index is 0.393. The van der Waals surface area contributed by atoms with Crippen molar-refractivity contribution in [2.75, 3.05) is 6.61 Å². The van der Waals surface area contributed by atoms with Crippen LogP contribution >= 0.6 is 15.9 Å². The van der Waals surface area contributed by atoms with Gasteiger partial charge in [-0.2, -0.15) is 0 Å². The summed E-state index contributed by atoms with van der Waals surface area (Å²) in [5.41, 5.74) is 0. The first kappa shape index (κ1) is 9.53. The van der Waals surface area contributed by atoms with Crippen molar-refractivity contribution in [1.29, 1.82) is 0 Å². The van der Waals surface area contributed by atoms with Gasteiger partial charge in [-0.25, -0.2) is 0 Å². The van der Waals surface area contributed by atoms with Gasteiger partial charge in [-0.05, 0) is 39.0 Å². The summed E-state index contributed by atoms with van der Waals surface area (Å²) < 4.78 is 5.55. The smallest absolute Gasteiger partial charge is 0.0519 e. The molecule has 11 heavy (non-hydrogen) atoms. The van der Waals surface area contributed by atoms with Crippen LogP contribution in [0, 0.1) is 5.92 Å². The molecule has 0 saturated heterocycles. The number of ether oxygens (including phenoxy) is 1. The van der Waals surface area contributed by atoms with Crippen LogP contribution in [0.1, 0.15) is 33.1 Å². The molecule has 0 amide bonds. The topological polar surface area (TPSA) is 9.23 Å². The predicted molar refractivity (Wildman–Crippen MR) is 51.1 cm³/mol. The lowest BCUT2D eigenvalue weighted by Crippen LogP contribution is -2.11. The van der Waals surface area contributed by atoms with E-state index in [1.807, 2.05) is 0 Å². The van der Waals surface area contributed by atoms with Crippen LogP contribution in [0.3, 0.4) is 0 Å². The summed E-state index contributed by atoms with van der Waals surface area (Å²) in [6, 6.07) is 0. The molecule has 0 N–H and O–H groups in total. The lowest BCUT2D eigenvalue weighted by molar-refractivity contribution is 0.0528. The largest absolute Gasteiger partial charge is 0.379 e. The molecule has 0 heterocycles. The van der Waals surface area contributed by atoms with Crippen LogP contribution in [-0.4, -0.2) is 17.5 Å². The standard InChI is InChI=1S/C9H17BrO/c1-7(2)11-6-8-3-4-9(10)5-8/h7-9H,3-6H2,1-2H3. The molecule has 0 radical (unpaired) electrons. The molecule has 0 bridgehead atoms. The minimum absolute atomic E-state index is 0.393. The SMILES string of the molecule is CC(C)OCC1CCC(Br)C1. The fourth-order valence-corrected chi connectivity index (χ4v) is 2.29. The first-order valence-electron chi connectivity index (χ1n) is 4.44. The van der Waals surface area contributed by atoms with Gasteiger partial charge in [-0.3, -0.25) is 0 Å². The van der Waals surface area contributed by atoms with Gasteiger partial charge < -0.3 is 4.74 Å². The lowest BCUT2D eigenvalue weighted by atomic mass is 10.1. The lowest BCUT2D eigenvalue weighted by Gasteiger charge is -2.12. The van der Waals surface area contributed by atoms with Gasteiger partial charge in [0.1, 0.15) is 0 Å². The summed E-state index contributed by atoms with van der Waals surface area (Å²) in [6.07, 6.45) is 4.35. The Balaban J connectivity index is 2.08. The fourth-order valence-electron chi connectivity index (χ4n) is 1.49. The summed E-state index contributed by atoms with van der Waals surface area (Å²) in [6.45, 7) is 5.15. The van der Waals surface area contributed by atoms with Gasteiger partial charge in [-0.1, -0.05) is 15.9 Å². The van der Waals surface area contributed by atoms with Gasteiger partial charge in [0.15, 0.2) is 0 Å². The Morgan fingerprint density at radius 1 is 1.45 bits per heavy atom. The molecule has 1 rings (SSSR count). The van der Waals surface area contributed by atoms with Crippen LogP contribution in [0.25, 0.3) is 0 Å². The van der Waals surface area contributed by atoms with Gasteiger partial charge in [0.25, 0.3) is 0 Å². The summed E-state index contributed by atoms with van der Waals surface area (Å²) in [5, 5.41) is 0. The van der Waals surface area contributed by atoms with E-state index in [0.29, 0.717) is 6.10 Å². The zero-order chi connectivity index (χ0) is 8.27. The molecule has 1 aliphatic rings. The molecule has 1 fully saturated rings. The summed E-state index contributed by atoms with van der Waals surface area (Å²) in [5.74, 6) is 0.807. The number of hydrogen-bond donors (Lipinski definition) is 0. The van der Waals surface area contributed by atoms with Crippen molar-refractivity contribution in [1.82, 2.24) is 0 Å². The van der Waals surface area contributed by atoms with E-state index in [1.165, 1.54) is 19.3 Å². The molecule has 1 aliphatic carbocycles. The van der Waals surface area contributed by atoms with Gasteiger partial charge in [0, 0.05) is 11.4 Å². The summed E-state index contributed by atoms with van der Waals surface area (Å²) in [4.78, 5) is 0.753. The van der Waals surface area contributed by atoms with E-state index in [-0.39, 0.29) is 0 Å². The first-order valence-corrected chi connectivity index (χ1v) is 5.35. The van der Waals surface area contributed by atoms with Crippen LogP contribution in [-0.2, 0) is 4.74 Å². The molecule has 0 aromatic carbocycles. The molecular weight excluding hydrogens is 204 g/mol. The maximum absolute atomic E-state index is 5.55. The molecule has 2 unspecified atom stereocenters. The van der Waals surface area contributed by atoms with E-state index in [9.17, 15) is 0 Å². The van der Waals surface area contributed by atoms with Crippen molar-refractivity contribution in [2.24, 2.45) is 5.92 Å². The first-order chi connectivity index (χ1) is 5.18. The van der Waals surface area contributed by atoms with E-state index >= 15 is 0 Å². The van der Waals surface area contributed by atoms with Gasteiger partial charge in [-0.15, -0.1) is 0 Å². The fraction of sp³-hybridized carbons (Fsp3) is 1.00. The zero-order valence-electron chi connectivity index (χ0n) is 7.35. The van der Waals surface area contributed by atoms with Crippen LogP contribution in [0.4, 0.5) is 0 Å². The second-order valence-corrected chi connectivity index (χ2v) is 4.95. The van der Waals surface area contributed by atoms with Crippen molar-refractivity contribution in [3.05, 3.63) is 0 Å². The van der Waals surface area contributed by atoms with E-state index in [0.717, 1.165) is 17.4 Å². The second kappa shape index (κ2) is 4.46. The molecule has 0 spiro atoms. The van der Waals surface area contributed by atoms with E-state index in [2.05, 4.69) is 29.8 Å². The van der Waals surface area contributed by atoms with Gasteiger partial charge >= 0.3 is 0 Å². The van der Waals surface area contributed by atoms with Crippen molar-refractivity contribution >= 4 is 15.9 Å².